The normalized spacial score (nSPS) is 30.2. The Morgan fingerprint density at radius 1 is 1.33 bits per heavy atom. The summed E-state index contributed by atoms with van der Waals surface area (Å²) in [6.07, 6.45) is 2.95. The molecule has 2 unspecified atom stereocenters. The van der Waals surface area contributed by atoms with Crippen LogP contribution in [-0.2, 0) is 4.74 Å². The summed E-state index contributed by atoms with van der Waals surface area (Å²) in [5.41, 5.74) is 0. The van der Waals surface area contributed by atoms with Crippen LogP contribution < -0.4 is 5.32 Å². The molecule has 2 atom stereocenters. The van der Waals surface area contributed by atoms with E-state index in [2.05, 4.69) is 29.0 Å². The van der Waals surface area contributed by atoms with Gasteiger partial charge >= 0.3 is 0 Å². The molecule has 0 saturated carbocycles. The van der Waals surface area contributed by atoms with Crippen molar-refractivity contribution in [1.29, 1.82) is 0 Å². The number of likely N-dealkylation sites (tertiary alicyclic amines) is 1. The first-order valence-electron chi connectivity index (χ1n) is 7.62. The number of hydrogen-bond donors (Lipinski definition) is 1. The molecule has 4 nitrogen and oxygen atoms in total. The number of ether oxygens (including phenoxy) is 1. The van der Waals surface area contributed by atoms with Gasteiger partial charge in [-0.2, -0.15) is 0 Å². The van der Waals surface area contributed by atoms with Crippen LogP contribution in [0.25, 0.3) is 0 Å². The van der Waals surface area contributed by atoms with Crippen LogP contribution in [0.4, 0.5) is 0 Å². The minimum Gasteiger partial charge on any atom is -0.376 e. The van der Waals surface area contributed by atoms with Crippen LogP contribution in [0, 0.1) is 0 Å². The minimum atomic E-state index is 0.436. The molecule has 0 aromatic rings. The van der Waals surface area contributed by atoms with E-state index in [1.54, 1.807) is 0 Å². The van der Waals surface area contributed by atoms with Gasteiger partial charge < -0.3 is 15.0 Å². The first-order chi connectivity index (χ1) is 8.83. The molecule has 0 amide bonds. The standard InChI is InChI=1S/C14H29N3O/c1-3-17(4-2)13-5-8-16(12-13)9-6-14-11-15-7-10-18-14/h13-15H,3-12H2,1-2H3. The fraction of sp³-hybridized carbons (Fsp3) is 1.00. The highest BCUT2D eigenvalue weighted by molar-refractivity contribution is 4.83. The van der Waals surface area contributed by atoms with Gasteiger partial charge in [-0.3, -0.25) is 4.90 Å². The van der Waals surface area contributed by atoms with E-state index in [0.717, 1.165) is 25.7 Å². The van der Waals surface area contributed by atoms with Gasteiger partial charge in [0.25, 0.3) is 0 Å². The predicted molar refractivity (Wildman–Crippen MR) is 75.0 cm³/mol. The summed E-state index contributed by atoms with van der Waals surface area (Å²) in [5, 5.41) is 3.40. The van der Waals surface area contributed by atoms with Gasteiger partial charge in [0.15, 0.2) is 0 Å². The fourth-order valence-electron chi connectivity index (χ4n) is 3.19. The molecule has 0 radical (unpaired) electrons. The van der Waals surface area contributed by atoms with E-state index in [0.29, 0.717) is 6.10 Å². The molecule has 2 aliphatic rings. The van der Waals surface area contributed by atoms with Gasteiger partial charge in [0.2, 0.25) is 0 Å². The van der Waals surface area contributed by atoms with Crippen molar-refractivity contribution in [2.45, 2.75) is 38.8 Å². The van der Waals surface area contributed by atoms with E-state index >= 15 is 0 Å². The molecule has 0 aliphatic carbocycles. The molecule has 0 aromatic heterocycles. The van der Waals surface area contributed by atoms with Gasteiger partial charge in [-0.25, -0.2) is 0 Å². The summed E-state index contributed by atoms with van der Waals surface area (Å²) in [6, 6.07) is 0.783. The Morgan fingerprint density at radius 2 is 2.17 bits per heavy atom. The van der Waals surface area contributed by atoms with Gasteiger partial charge in [-0.05, 0) is 32.5 Å². The second-order valence-electron chi connectivity index (χ2n) is 5.45. The Morgan fingerprint density at radius 3 is 2.83 bits per heavy atom. The van der Waals surface area contributed by atoms with E-state index in [4.69, 9.17) is 4.74 Å². The van der Waals surface area contributed by atoms with Crippen molar-refractivity contribution in [3.8, 4) is 0 Å². The largest absolute Gasteiger partial charge is 0.376 e. The molecule has 2 heterocycles. The highest BCUT2D eigenvalue weighted by atomic mass is 16.5. The van der Waals surface area contributed by atoms with Crippen molar-refractivity contribution >= 4 is 0 Å². The lowest BCUT2D eigenvalue weighted by molar-refractivity contribution is 0.0183. The van der Waals surface area contributed by atoms with E-state index in [9.17, 15) is 0 Å². The molecule has 0 aromatic carbocycles. The number of nitrogens with one attached hydrogen (secondary N) is 1. The minimum absolute atomic E-state index is 0.436. The van der Waals surface area contributed by atoms with Gasteiger partial charge in [0, 0.05) is 32.2 Å². The van der Waals surface area contributed by atoms with Gasteiger partial charge in [-0.1, -0.05) is 13.8 Å². The van der Waals surface area contributed by atoms with Crippen molar-refractivity contribution in [2.24, 2.45) is 0 Å². The SMILES string of the molecule is CCN(CC)C1CCN(CCC2CNCCO2)C1. The maximum atomic E-state index is 5.75. The molecule has 2 fully saturated rings. The third kappa shape index (κ3) is 3.92. The van der Waals surface area contributed by atoms with Crippen LogP contribution in [-0.4, -0.2) is 74.4 Å². The van der Waals surface area contributed by atoms with Crippen molar-refractivity contribution < 1.29 is 4.74 Å². The van der Waals surface area contributed by atoms with Crippen molar-refractivity contribution in [1.82, 2.24) is 15.1 Å². The van der Waals surface area contributed by atoms with E-state index in [1.165, 1.54) is 45.6 Å². The first kappa shape index (κ1) is 14.3. The number of likely N-dealkylation sites (N-methyl/N-ethyl adjacent to an activating group) is 1. The third-order valence-electron chi connectivity index (χ3n) is 4.35. The number of morpholine rings is 1. The van der Waals surface area contributed by atoms with Crippen molar-refractivity contribution in [3.05, 3.63) is 0 Å². The Kier molecular flexibility index (Phi) is 5.89. The van der Waals surface area contributed by atoms with Crippen molar-refractivity contribution in [3.63, 3.8) is 0 Å². The molecule has 0 spiro atoms. The smallest absolute Gasteiger partial charge is 0.0712 e. The second kappa shape index (κ2) is 7.43. The molecule has 0 bridgehead atoms. The highest BCUT2D eigenvalue weighted by Gasteiger charge is 2.26. The zero-order chi connectivity index (χ0) is 12.8. The number of rotatable bonds is 6. The van der Waals surface area contributed by atoms with Gasteiger partial charge in [0.1, 0.15) is 0 Å². The zero-order valence-electron chi connectivity index (χ0n) is 12.0. The molecular weight excluding hydrogens is 226 g/mol. The van der Waals surface area contributed by atoms with Crippen LogP contribution in [0.1, 0.15) is 26.7 Å². The van der Waals surface area contributed by atoms with Crippen LogP contribution in [0.15, 0.2) is 0 Å². The average Bonchev–Trinajstić information content (AvgIpc) is 2.88. The quantitative estimate of drug-likeness (QED) is 0.759. The number of hydrogen-bond acceptors (Lipinski definition) is 4. The predicted octanol–water partition coefficient (Wildman–Crippen LogP) is 0.781. The second-order valence-corrected chi connectivity index (χ2v) is 5.45. The first-order valence-corrected chi connectivity index (χ1v) is 7.62. The topological polar surface area (TPSA) is 27.7 Å². The highest BCUT2D eigenvalue weighted by Crippen LogP contribution is 2.16. The van der Waals surface area contributed by atoms with Crippen LogP contribution >= 0.6 is 0 Å². The zero-order valence-corrected chi connectivity index (χ0v) is 12.0. The molecule has 2 aliphatic heterocycles. The molecule has 2 saturated heterocycles. The molecule has 18 heavy (non-hydrogen) atoms. The lowest BCUT2D eigenvalue weighted by Crippen LogP contribution is -2.41. The lowest BCUT2D eigenvalue weighted by Gasteiger charge is -2.27. The summed E-state index contributed by atoms with van der Waals surface area (Å²) < 4.78 is 5.75. The summed E-state index contributed by atoms with van der Waals surface area (Å²) in [4.78, 5) is 5.21. The Labute approximate surface area is 112 Å². The Bertz CT molecular complexity index is 227. The summed E-state index contributed by atoms with van der Waals surface area (Å²) in [5.74, 6) is 0. The maximum Gasteiger partial charge on any atom is 0.0712 e. The fourth-order valence-corrected chi connectivity index (χ4v) is 3.19. The van der Waals surface area contributed by atoms with E-state index in [1.807, 2.05) is 0 Å². The Balaban J connectivity index is 1.65. The average molecular weight is 255 g/mol. The Hall–Kier alpha value is -0.160. The lowest BCUT2D eigenvalue weighted by atomic mass is 10.2. The monoisotopic (exact) mass is 255 g/mol. The molecule has 4 heteroatoms. The molecule has 1 N–H and O–H groups in total. The van der Waals surface area contributed by atoms with E-state index in [-0.39, 0.29) is 0 Å². The van der Waals surface area contributed by atoms with Crippen molar-refractivity contribution in [2.75, 3.05) is 52.4 Å². The molecule has 106 valence electrons. The van der Waals surface area contributed by atoms with Gasteiger partial charge in [-0.15, -0.1) is 0 Å². The maximum absolute atomic E-state index is 5.75. The number of nitrogens with zero attached hydrogens (tertiary/aromatic N) is 2. The summed E-state index contributed by atoms with van der Waals surface area (Å²) in [7, 11) is 0. The van der Waals surface area contributed by atoms with Gasteiger partial charge in [0.05, 0.1) is 12.7 Å². The summed E-state index contributed by atoms with van der Waals surface area (Å²) >= 11 is 0. The van der Waals surface area contributed by atoms with Crippen LogP contribution in [0.2, 0.25) is 0 Å². The molecule has 2 rings (SSSR count). The summed E-state index contributed by atoms with van der Waals surface area (Å²) in [6.45, 7) is 13.6. The molecular formula is C14H29N3O. The van der Waals surface area contributed by atoms with Crippen LogP contribution in [0.5, 0.6) is 0 Å². The van der Waals surface area contributed by atoms with E-state index < -0.39 is 0 Å². The van der Waals surface area contributed by atoms with Crippen LogP contribution in [0.3, 0.4) is 0 Å². The third-order valence-corrected chi connectivity index (χ3v) is 4.35.